The van der Waals surface area contributed by atoms with Crippen molar-refractivity contribution in [2.45, 2.75) is 20.3 Å². The summed E-state index contributed by atoms with van der Waals surface area (Å²) in [6.45, 7) is 5.15. The van der Waals surface area contributed by atoms with Gasteiger partial charge in [0.25, 0.3) is 5.91 Å². The third kappa shape index (κ3) is 5.12. The molecule has 2 rings (SSSR count). The number of para-hydroxylation sites is 1. The lowest BCUT2D eigenvalue weighted by molar-refractivity contribution is 0.0951. The normalized spacial score (nSPS) is 10.6. The number of rotatable bonds is 8. The Labute approximate surface area is 142 Å². The lowest BCUT2D eigenvalue weighted by atomic mass is 10.2. The first kappa shape index (κ1) is 17.5. The fourth-order valence-electron chi connectivity index (χ4n) is 2.03. The zero-order chi connectivity index (χ0) is 17.2. The largest absolute Gasteiger partial charge is 0.494 e. The van der Waals surface area contributed by atoms with Crippen LogP contribution in [0.15, 0.2) is 53.6 Å². The van der Waals surface area contributed by atoms with E-state index in [4.69, 9.17) is 9.47 Å². The first-order chi connectivity index (χ1) is 11.7. The number of nitrogens with zero attached hydrogens (tertiary/aromatic N) is 1. The van der Waals surface area contributed by atoms with Gasteiger partial charge in [0.15, 0.2) is 0 Å². The molecule has 0 spiro atoms. The van der Waals surface area contributed by atoms with E-state index in [2.05, 4.69) is 10.5 Å². The minimum atomic E-state index is -0.302. The number of hydrazone groups is 1. The summed E-state index contributed by atoms with van der Waals surface area (Å²) in [6.07, 6.45) is 2.47. The van der Waals surface area contributed by atoms with Crippen molar-refractivity contribution < 1.29 is 14.3 Å². The smallest absolute Gasteiger partial charge is 0.275 e. The maximum absolute atomic E-state index is 12.2. The first-order valence-electron chi connectivity index (χ1n) is 8.02. The van der Waals surface area contributed by atoms with E-state index in [0.29, 0.717) is 24.5 Å². The van der Waals surface area contributed by atoms with Crippen LogP contribution in [0.3, 0.4) is 0 Å². The Morgan fingerprint density at radius 2 is 1.83 bits per heavy atom. The molecule has 0 unspecified atom stereocenters. The Balaban J connectivity index is 1.97. The molecule has 1 amide bonds. The molecule has 0 radical (unpaired) electrons. The van der Waals surface area contributed by atoms with Gasteiger partial charge in [-0.2, -0.15) is 5.10 Å². The van der Waals surface area contributed by atoms with E-state index >= 15 is 0 Å². The SMILES string of the molecule is CCCOc1ccccc1C(=O)N/N=C/c1ccc(OCC)cc1. The topological polar surface area (TPSA) is 59.9 Å². The predicted octanol–water partition coefficient (Wildman–Crippen LogP) is 3.64. The van der Waals surface area contributed by atoms with Gasteiger partial charge in [0.2, 0.25) is 0 Å². The number of carbonyl (C=O) groups is 1. The van der Waals surface area contributed by atoms with Crippen LogP contribution in [0.25, 0.3) is 0 Å². The molecule has 0 saturated carbocycles. The summed E-state index contributed by atoms with van der Waals surface area (Å²) in [6, 6.07) is 14.6. The summed E-state index contributed by atoms with van der Waals surface area (Å²) >= 11 is 0. The van der Waals surface area contributed by atoms with Crippen molar-refractivity contribution in [1.82, 2.24) is 5.43 Å². The molecule has 5 nitrogen and oxygen atoms in total. The maximum Gasteiger partial charge on any atom is 0.275 e. The predicted molar refractivity (Wildman–Crippen MR) is 94.9 cm³/mol. The number of nitrogens with one attached hydrogen (secondary N) is 1. The van der Waals surface area contributed by atoms with Crippen LogP contribution in [0.1, 0.15) is 36.2 Å². The van der Waals surface area contributed by atoms with Crippen molar-refractivity contribution in [3.63, 3.8) is 0 Å². The van der Waals surface area contributed by atoms with Crippen molar-refractivity contribution >= 4 is 12.1 Å². The average molecular weight is 326 g/mol. The molecule has 24 heavy (non-hydrogen) atoms. The molecule has 0 atom stereocenters. The molecule has 0 aromatic heterocycles. The Morgan fingerprint density at radius 1 is 1.08 bits per heavy atom. The monoisotopic (exact) mass is 326 g/mol. The number of amides is 1. The van der Waals surface area contributed by atoms with Gasteiger partial charge in [-0.1, -0.05) is 19.1 Å². The zero-order valence-corrected chi connectivity index (χ0v) is 14.0. The molecule has 0 saturated heterocycles. The minimum Gasteiger partial charge on any atom is -0.494 e. The standard InChI is InChI=1S/C19H22N2O3/c1-3-13-24-18-8-6-5-7-17(18)19(22)21-20-14-15-9-11-16(12-10-15)23-4-2/h5-12,14H,3-4,13H2,1-2H3,(H,21,22)/b20-14+. The van der Waals surface area contributed by atoms with E-state index in [0.717, 1.165) is 17.7 Å². The highest BCUT2D eigenvalue weighted by Crippen LogP contribution is 2.18. The maximum atomic E-state index is 12.2. The van der Waals surface area contributed by atoms with E-state index < -0.39 is 0 Å². The Bertz CT molecular complexity index is 681. The van der Waals surface area contributed by atoms with Crippen LogP contribution in [-0.2, 0) is 0 Å². The molecular weight excluding hydrogens is 304 g/mol. The highest BCUT2D eigenvalue weighted by molar-refractivity contribution is 5.97. The summed E-state index contributed by atoms with van der Waals surface area (Å²) in [7, 11) is 0. The fraction of sp³-hybridized carbons (Fsp3) is 0.263. The van der Waals surface area contributed by atoms with Gasteiger partial charge in [-0.3, -0.25) is 4.79 Å². The molecule has 0 bridgehead atoms. The summed E-state index contributed by atoms with van der Waals surface area (Å²) < 4.78 is 11.0. The molecule has 2 aromatic carbocycles. The van der Waals surface area contributed by atoms with Crippen LogP contribution in [0, 0.1) is 0 Å². The fourth-order valence-corrected chi connectivity index (χ4v) is 2.03. The summed E-state index contributed by atoms with van der Waals surface area (Å²) in [5.41, 5.74) is 3.86. The third-order valence-electron chi connectivity index (χ3n) is 3.16. The highest BCUT2D eigenvalue weighted by atomic mass is 16.5. The minimum absolute atomic E-state index is 0.302. The zero-order valence-electron chi connectivity index (χ0n) is 14.0. The van der Waals surface area contributed by atoms with E-state index in [-0.39, 0.29) is 5.91 Å². The van der Waals surface area contributed by atoms with Crippen molar-refractivity contribution in [1.29, 1.82) is 0 Å². The van der Waals surface area contributed by atoms with Gasteiger partial charge in [0.05, 0.1) is 25.0 Å². The van der Waals surface area contributed by atoms with Crippen molar-refractivity contribution in [2.75, 3.05) is 13.2 Å². The molecule has 0 aliphatic carbocycles. The lowest BCUT2D eigenvalue weighted by Crippen LogP contribution is -2.18. The number of hydrogen-bond donors (Lipinski definition) is 1. The molecule has 126 valence electrons. The molecule has 0 aliphatic rings. The van der Waals surface area contributed by atoms with Crippen LogP contribution in [-0.4, -0.2) is 25.3 Å². The molecule has 0 aliphatic heterocycles. The highest BCUT2D eigenvalue weighted by Gasteiger charge is 2.10. The second-order valence-corrected chi connectivity index (χ2v) is 5.05. The molecule has 5 heteroatoms. The lowest BCUT2D eigenvalue weighted by Gasteiger charge is -2.09. The van der Waals surface area contributed by atoms with Crippen LogP contribution < -0.4 is 14.9 Å². The first-order valence-corrected chi connectivity index (χ1v) is 8.02. The number of benzene rings is 2. The average Bonchev–Trinajstić information content (AvgIpc) is 2.62. The van der Waals surface area contributed by atoms with E-state index in [1.165, 1.54) is 0 Å². The number of ether oxygens (including phenoxy) is 2. The summed E-state index contributed by atoms with van der Waals surface area (Å²) in [4.78, 5) is 12.2. The Morgan fingerprint density at radius 3 is 2.54 bits per heavy atom. The van der Waals surface area contributed by atoms with E-state index in [9.17, 15) is 4.79 Å². The number of carbonyl (C=O) groups excluding carboxylic acids is 1. The third-order valence-corrected chi connectivity index (χ3v) is 3.16. The van der Waals surface area contributed by atoms with Gasteiger partial charge < -0.3 is 9.47 Å². The van der Waals surface area contributed by atoms with Gasteiger partial charge in [0.1, 0.15) is 11.5 Å². The van der Waals surface area contributed by atoms with Gasteiger partial charge in [-0.05, 0) is 55.3 Å². The van der Waals surface area contributed by atoms with Crippen LogP contribution in [0.5, 0.6) is 11.5 Å². The van der Waals surface area contributed by atoms with E-state index in [1.807, 2.05) is 44.2 Å². The van der Waals surface area contributed by atoms with Crippen molar-refractivity contribution in [3.8, 4) is 11.5 Å². The Hall–Kier alpha value is -2.82. The van der Waals surface area contributed by atoms with Crippen LogP contribution in [0.4, 0.5) is 0 Å². The van der Waals surface area contributed by atoms with E-state index in [1.54, 1.807) is 24.4 Å². The van der Waals surface area contributed by atoms with Crippen LogP contribution in [0.2, 0.25) is 0 Å². The van der Waals surface area contributed by atoms with Gasteiger partial charge in [-0.25, -0.2) is 5.43 Å². The van der Waals surface area contributed by atoms with Gasteiger partial charge >= 0.3 is 0 Å². The summed E-state index contributed by atoms with van der Waals surface area (Å²) in [5, 5.41) is 3.99. The second kappa shape index (κ2) is 9.35. The molecule has 0 heterocycles. The van der Waals surface area contributed by atoms with Crippen LogP contribution >= 0.6 is 0 Å². The van der Waals surface area contributed by atoms with Crippen molar-refractivity contribution in [2.24, 2.45) is 5.10 Å². The van der Waals surface area contributed by atoms with Gasteiger partial charge in [0, 0.05) is 0 Å². The Kier molecular flexibility index (Phi) is 6.83. The molecule has 0 fully saturated rings. The van der Waals surface area contributed by atoms with Crippen molar-refractivity contribution in [3.05, 3.63) is 59.7 Å². The summed E-state index contributed by atoms with van der Waals surface area (Å²) in [5.74, 6) is 1.07. The molecule has 1 N–H and O–H groups in total. The number of hydrogen-bond acceptors (Lipinski definition) is 4. The molecule has 2 aromatic rings. The second-order valence-electron chi connectivity index (χ2n) is 5.05. The quantitative estimate of drug-likeness (QED) is 0.595. The van der Waals surface area contributed by atoms with Gasteiger partial charge in [-0.15, -0.1) is 0 Å². The molecular formula is C19H22N2O3.